The smallest absolute Gasteiger partial charge is 0.208 e. The Bertz CT molecular complexity index is 3390. The second-order valence-corrected chi connectivity index (χ2v) is 13.9. The van der Waals surface area contributed by atoms with Crippen LogP contribution in [0.15, 0.2) is 114 Å². The third kappa shape index (κ3) is 4.99. The zero-order valence-corrected chi connectivity index (χ0v) is 30.6. The molecule has 10 rings (SSSR count). The largest absolute Gasteiger partial charge is 0.504 e. The van der Waals surface area contributed by atoms with Gasteiger partial charge >= 0.3 is 0 Å². The summed E-state index contributed by atoms with van der Waals surface area (Å²) in [5.41, 5.74) is 2.73. The van der Waals surface area contributed by atoms with E-state index in [2.05, 4.69) is 4.98 Å². The van der Waals surface area contributed by atoms with Crippen LogP contribution in [0.3, 0.4) is 0 Å². The number of aromatic hydroxyl groups is 10. The summed E-state index contributed by atoms with van der Waals surface area (Å²) in [5, 5.41) is 109. The van der Waals surface area contributed by atoms with E-state index >= 15 is 0 Å². The molecule has 10 N–H and O–H groups in total. The molecule has 0 saturated heterocycles. The summed E-state index contributed by atoms with van der Waals surface area (Å²) in [6.07, 6.45) is 0. The third-order valence-corrected chi connectivity index (χ3v) is 10.6. The normalized spacial score (nSPS) is 11.7. The molecule has 0 bridgehead atoms. The molecular weight excluding hydrogens is 773 g/mol. The molecule has 15 heteroatoms. The highest BCUT2D eigenvalue weighted by Gasteiger charge is 2.30. The highest BCUT2D eigenvalue weighted by Crippen LogP contribution is 2.56. The predicted octanol–water partition coefficient (Wildman–Crippen LogP) is 8.59. The summed E-state index contributed by atoms with van der Waals surface area (Å²) < 4.78 is 8.53. The van der Waals surface area contributed by atoms with Crippen molar-refractivity contribution < 1.29 is 55.5 Å². The Morgan fingerprint density at radius 2 is 0.917 bits per heavy atom. The molecule has 60 heavy (non-hydrogen) atoms. The van der Waals surface area contributed by atoms with Gasteiger partial charge in [0.15, 0.2) is 46.1 Å². The minimum absolute atomic E-state index is 0.00509. The molecule has 0 saturated carbocycles. The lowest BCUT2D eigenvalue weighted by Gasteiger charge is -2.16. The van der Waals surface area contributed by atoms with E-state index in [-0.39, 0.29) is 28.6 Å². The minimum Gasteiger partial charge on any atom is -0.504 e. The number of fused-ring (bicyclic) bond motifs is 6. The molecule has 0 aliphatic rings. The quantitative estimate of drug-likeness (QED) is 0.0578. The number of nitrogens with zero attached hydrogens (tertiary/aromatic N) is 4. The molecular formula is C45H28N4O11. The van der Waals surface area contributed by atoms with Crippen molar-refractivity contribution in [3.05, 3.63) is 109 Å². The lowest BCUT2D eigenvalue weighted by molar-refractivity contribution is 0.329. The number of aromatic nitrogens is 4. The number of phenolic OH excluding ortho intramolecular Hbond substituents is 10. The number of hydrogen-bond donors (Lipinski definition) is 10. The van der Waals surface area contributed by atoms with Crippen LogP contribution in [0.25, 0.3) is 94.7 Å². The van der Waals surface area contributed by atoms with E-state index < -0.39 is 63.1 Å². The topological polar surface area (TPSA) is 259 Å². The highest BCUT2D eigenvalue weighted by atomic mass is 16.4. The van der Waals surface area contributed by atoms with E-state index in [0.717, 1.165) is 10.8 Å². The molecule has 7 aromatic carbocycles. The fourth-order valence-corrected chi connectivity index (χ4v) is 7.73. The van der Waals surface area contributed by atoms with Crippen molar-refractivity contribution in [3.8, 4) is 108 Å². The molecule has 0 fully saturated rings. The summed E-state index contributed by atoms with van der Waals surface area (Å²) in [6.45, 7) is 0. The van der Waals surface area contributed by atoms with Gasteiger partial charge in [0, 0.05) is 32.7 Å². The molecule has 10 aromatic rings. The van der Waals surface area contributed by atoms with Crippen LogP contribution in [0.2, 0.25) is 0 Å². The van der Waals surface area contributed by atoms with Crippen molar-refractivity contribution in [2.24, 2.45) is 0 Å². The van der Waals surface area contributed by atoms with Crippen molar-refractivity contribution in [3.63, 3.8) is 0 Å². The van der Waals surface area contributed by atoms with Crippen LogP contribution in [-0.2, 0) is 0 Å². The monoisotopic (exact) mass is 800 g/mol. The summed E-state index contributed by atoms with van der Waals surface area (Å²) in [6, 6.07) is 32.0. The van der Waals surface area contributed by atoms with Crippen LogP contribution in [0.1, 0.15) is 0 Å². The van der Waals surface area contributed by atoms with Gasteiger partial charge < -0.3 is 60.0 Å². The van der Waals surface area contributed by atoms with Gasteiger partial charge in [0.1, 0.15) is 16.8 Å². The minimum atomic E-state index is -1.15. The van der Waals surface area contributed by atoms with Crippen LogP contribution in [0, 0.1) is 0 Å². The lowest BCUT2D eigenvalue weighted by Crippen LogP contribution is -2.04. The van der Waals surface area contributed by atoms with Gasteiger partial charge in [-0.25, -0.2) is 15.0 Å². The Labute approximate surface area is 335 Å². The first-order valence-electron chi connectivity index (χ1n) is 18.1. The van der Waals surface area contributed by atoms with Crippen LogP contribution >= 0.6 is 0 Å². The van der Waals surface area contributed by atoms with Gasteiger partial charge in [-0.15, -0.1) is 0 Å². The molecule has 0 aliphatic carbocycles. The number of furan rings is 1. The van der Waals surface area contributed by atoms with E-state index in [1.165, 1.54) is 0 Å². The Morgan fingerprint density at radius 1 is 0.383 bits per heavy atom. The van der Waals surface area contributed by atoms with Gasteiger partial charge in [0.05, 0.1) is 16.6 Å². The van der Waals surface area contributed by atoms with Gasteiger partial charge in [-0.3, -0.25) is 0 Å². The predicted molar refractivity (Wildman–Crippen MR) is 220 cm³/mol. The zero-order chi connectivity index (χ0) is 41.7. The first-order chi connectivity index (χ1) is 28.9. The fraction of sp³-hybridized carbons (Fsp3) is 0. The van der Waals surface area contributed by atoms with E-state index in [1.54, 1.807) is 54.6 Å². The molecule has 15 nitrogen and oxygen atoms in total. The van der Waals surface area contributed by atoms with Crippen molar-refractivity contribution in [1.29, 1.82) is 0 Å². The van der Waals surface area contributed by atoms with Crippen molar-refractivity contribution in [2.45, 2.75) is 0 Å². The van der Waals surface area contributed by atoms with Crippen molar-refractivity contribution in [1.82, 2.24) is 19.5 Å². The first kappa shape index (κ1) is 35.6. The summed E-state index contributed by atoms with van der Waals surface area (Å²) in [5.74, 6) is -10.5. The van der Waals surface area contributed by atoms with Crippen molar-refractivity contribution in [2.75, 3.05) is 0 Å². The van der Waals surface area contributed by atoms with Gasteiger partial charge in [-0.1, -0.05) is 72.8 Å². The number of para-hydroxylation sites is 2. The molecule has 0 amide bonds. The van der Waals surface area contributed by atoms with E-state index in [9.17, 15) is 51.1 Å². The Kier molecular flexibility index (Phi) is 7.61. The fourth-order valence-electron chi connectivity index (χ4n) is 7.73. The molecule has 0 radical (unpaired) electrons. The van der Waals surface area contributed by atoms with E-state index in [0.29, 0.717) is 49.8 Å². The standard InChI is InChI=1S/C45H28N4O11/c50-32-29(33(51)37(55)40(58)36(32)54)20-14-17-27-25(18-20)21-10-4-6-12-26(21)49(27)31-24(16-15-23-22-11-5-7-13-28(22)60-42(23)31)44-46-43(19-8-2-1-3-9-19)47-45(48-44)30-34(52)38(56)41(59)39(57)35(30)53/h1-18,50-59H. The van der Waals surface area contributed by atoms with Crippen LogP contribution in [-0.4, -0.2) is 70.6 Å². The third-order valence-electron chi connectivity index (χ3n) is 10.6. The molecule has 0 unspecified atom stereocenters. The summed E-state index contributed by atoms with van der Waals surface area (Å²) in [7, 11) is 0. The van der Waals surface area contributed by atoms with E-state index in [4.69, 9.17) is 14.4 Å². The number of benzene rings is 7. The average molecular weight is 801 g/mol. The zero-order valence-electron chi connectivity index (χ0n) is 30.6. The molecule has 3 aromatic heterocycles. The van der Waals surface area contributed by atoms with Crippen molar-refractivity contribution >= 4 is 43.7 Å². The van der Waals surface area contributed by atoms with Gasteiger partial charge in [-0.2, -0.15) is 0 Å². The number of phenols is 10. The maximum Gasteiger partial charge on any atom is 0.208 e. The first-order valence-corrected chi connectivity index (χ1v) is 18.1. The summed E-state index contributed by atoms with van der Waals surface area (Å²) in [4.78, 5) is 14.1. The summed E-state index contributed by atoms with van der Waals surface area (Å²) >= 11 is 0. The maximum absolute atomic E-state index is 11.0. The second-order valence-electron chi connectivity index (χ2n) is 13.9. The molecule has 0 atom stereocenters. The average Bonchev–Trinajstić information content (AvgIpc) is 3.82. The van der Waals surface area contributed by atoms with Gasteiger partial charge in [-0.05, 0) is 42.0 Å². The van der Waals surface area contributed by atoms with Crippen LogP contribution in [0.4, 0.5) is 0 Å². The Morgan fingerprint density at radius 3 is 1.60 bits per heavy atom. The second kappa shape index (κ2) is 12.8. The van der Waals surface area contributed by atoms with E-state index in [1.807, 2.05) is 59.2 Å². The molecule has 294 valence electrons. The number of hydrogen-bond acceptors (Lipinski definition) is 14. The van der Waals surface area contributed by atoms with Crippen LogP contribution < -0.4 is 0 Å². The highest BCUT2D eigenvalue weighted by molar-refractivity contribution is 6.15. The van der Waals surface area contributed by atoms with Gasteiger partial charge in [0.2, 0.25) is 34.5 Å². The Hall–Kier alpha value is -8.85. The SMILES string of the molecule is Oc1c(O)c(O)c(-c2ccc3c(c2)c2ccccc2n3-c2c(-c3nc(-c4ccccc4)nc(-c4c(O)c(O)c(O)c(O)c4O)n3)ccc3c2oc2ccccc23)c(O)c1O. The maximum atomic E-state index is 11.0. The molecule has 0 spiro atoms. The van der Waals surface area contributed by atoms with Gasteiger partial charge in [0.25, 0.3) is 0 Å². The Balaban J connectivity index is 1.33. The lowest BCUT2D eigenvalue weighted by atomic mass is 9.99. The number of rotatable bonds is 5. The molecule has 0 aliphatic heterocycles. The van der Waals surface area contributed by atoms with Crippen LogP contribution in [0.5, 0.6) is 57.5 Å². The molecule has 3 heterocycles.